The summed E-state index contributed by atoms with van der Waals surface area (Å²) in [6.45, 7) is 2.12. The first-order chi connectivity index (χ1) is 16.0. The average molecular weight is 465 g/mol. The molecular weight excluding hydrogens is 435 g/mol. The smallest absolute Gasteiger partial charge is 0.417 e. The maximum atomic E-state index is 13.9. The van der Waals surface area contributed by atoms with Crippen molar-refractivity contribution in [1.29, 1.82) is 0 Å². The molecule has 2 aliphatic rings. The predicted molar refractivity (Wildman–Crippen MR) is 127 cm³/mol. The van der Waals surface area contributed by atoms with Gasteiger partial charge in [-0.05, 0) is 72.9 Å². The quantitative estimate of drug-likeness (QED) is 0.532. The predicted octanol–water partition coefficient (Wildman–Crippen LogP) is 5.18. The molecule has 2 heterocycles. The average Bonchev–Trinajstić information content (AvgIpc) is 3.24. The summed E-state index contributed by atoms with van der Waals surface area (Å²) in [6, 6.07) is 15.9. The molecule has 1 aliphatic heterocycles. The number of hydrogen-bond acceptors (Lipinski definition) is 4. The van der Waals surface area contributed by atoms with Gasteiger partial charge < -0.3 is 10.2 Å². The lowest BCUT2D eigenvalue weighted by atomic mass is 9.73. The monoisotopic (exact) mass is 464 g/mol. The van der Waals surface area contributed by atoms with E-state index in [-0.39, 0.29) is 41.7 Å². The third-order valence-electron chi connectivity index (χ3n) is 7.34. The van der Waals surface area contributed by atoms with Crippen molar-refractivity contribution >= 4 is 22.9 Å². The van der Waals surface area contributed by atoms with Crippen LogP contribution in [0.5, 0.6) is 0 Å². The van der Waals surface area contributed by atoms with Crippen molar-refractivity contribution in [1.82, 2.24) is 9.88 Å². The molecule has 1 saturated carbocycles. The molecule has 0 bridgehead atoms. The Labute approximate surface area is 198 Å². The van der Waals surface area contributed by atoms with Crippen LogP contribution in [-0.2, 0) is 9.53 Å². The number of cyclic esters (lactones) is 1. The normalized spacial score (nSPS) is 23.3. The summed E-state index contributed by atoms with van der Waals surface area (Å²) < 4.78 is 19.1. The number of imide groups is 1. The fourth-order valence-corrected chi connectivity index (χ4v) is 5.43. The third kappa shape index (κ3) is 4.40. The van der Waals surface area contributed by atoms with Crippen LogP contribution in [0, 0.1) is 17.7 Å². The number of halogens is 1. The van der Waals surface area contributed by atoms with Gasteiger partial charge in [-0.2, -0.15) is 0 Å². The highest BCUT2D eigenvalue weighted by Crippen LogP contribution is 2.42. The van der Waals surface area contributed by atoms with Gasteiger partial charge in [0.1, 0.15) is 18.5 Å². The molecule has 1 aliphatic carbocycles. The topological polar surface area (TPSA) is 91.0 Å². The molecule has 7 heteroatoms. The largest absolute Gasteiger partial charge is 0.446 e. The molecular formula is C27H29FN2O4. The van der Waals surface area contributed by atoms with E-state index in [4.69, 9.17) is 4.74 Å². The van der Waals surface area contributed by atoms with E-state index in [1.807, 2.05) is 43.3 Å². The van der Waals surface area contributed by atoms with Crippen molar-refractivity contribution in [3.8, 4) is 0 Å². The molecule has 3 aromatic rings. The zero-order valence-corrected chi connectivity index (χ0v) is 19.1. The molecule has 2 amide bonds. The van der Waals surface area contributed by atoms with E-state index in [1.54, 1.807) is 18.3 Å². The Morgan fingerprint density at radius 1 is 1.09 bits per heavy atom. The Morgan fingerprint density at radius 3 is 2.56 bits per heavy atom. The van der Waals surface area contributed by atoms with Gasteiger partial charge in [-0.25, -0.2) is 14.1 Å². The number of nitrogens with zero attached hydrogens (tertiary/aromatic N) is 2. The van der Waals surface area contributed by atoms with E-state index in [9.17, 15) is 14.0 Å². The Kier molecular flexibility index (Phi) is 6.93. The molecule has 1 aromatic heterocycles. The summed E-state index contributed by atoms with van der Waals surface area (Å²) in [5.41, 5.74) is 2.84. The molecule has 1 saturated heterocycles. The molecule has 34 heavy (non-hydrogen) atoms. The van der Waals surface area contributed by atoms with E-state index in [0.717, 1.165) is 47.7 Å². The lowest BCUT2D eigenvalue weighted by Gasteiger charge is -2.34. The van der Waals surface area contributed by atoms with Gasteiger partial charge in [0.05, 0.1) is 5.52 Å². The minimum absolute atomic E-state index is 0. The Balaban J connectivity index is 0.00000274. The van der Waals surface area contributed by atoms with E-state index < -0.39 is 6.09 Å². The molecule has 178 valence electrons. The molecule has 5 rings (SSSR count). The van der Waals surface area contributed by atoms with Crippen LogP contribution in [0.4, 0.5) is 9.18 Å². The number of carbonyl (C=O) groups excluding carboxylic acids is 2. The highest BCUT2D eigenvalue weighted by atomic mass is 19.1. The zero-order chi connectivity index (χ0) is 22.9. The van der Waals surface area contributed by atoms with Gasteiger partial charge in [0.2, 0.25) is 5.91 Å². The van der Waals surface area contributed by atoms with Crippen molar-refractivity contribution in [3.05, 3.63) is 77.7 Å². The highest BCUT2D eigenvalue weighted by Gasteiger charge is 2.42. The number of aromatic nitrogens is 1. The zero-order valence-electron chi connectivity index (χ0n) is 19.1. The van der Waals surface area contributed by atoms with Gasteiger partial charge in [0, 0.05) is 17.5 Å². The number of amides is 2. The van der Waals surface area contributed by atoms with Crippen molar-refractivity contribution < 1.29 is 24.2 Å². The van der Waals surface area contributed by atoms with Crippen LogP contribution >= 0.6 is 0 Å². The van der Waals surface area contributed by atoms with Gasteiger partial charge in [0.25, 0.3) is 0 Å². The van der Waals surface area contributed by atoms with Crippen molar-refractivity contribution in [2.75, 3.05) is 6.61 Å². The molecule has 2 fully saturated rings. The molecule has 2 aromatic carbocycles. The second kappa shape index (κ2) is 9.89. The van der Waals surface area contributed by atoms with E-state index in [1.165, 1.54) is 11.0 Å². The standard InChI is InChI=1S/C27H27FN2O3.H2O/c1-17(26(31)30-25(16-33-27(30)32)20-5-3-2-4-6-20)18-7-9-19(10-8-18)22-13-14-29-24-12-11-21(28)15-23(22)24;/h2-6,11-15,17-19,25H,7-10,16H2,1H3;1H2/t17-,18?,19?,25+;/m1./s1. The van der Waals surface area contributed by atoms with Gasteiger partial charge in [-0.1, -0.05) is 37.3 Å². The SMILES string of the molecule is C[C@@H](C(=O)N1C(=O)OC[C@H]1c1ccccc1)C1CCC(c2ccnc3ccc(F)cc23)CC1.O. The summed E-state index contributed by atoms with van der Waals surface area (Å²) >= 11 is 0. The van der Waals surface area contributed by atoms with Crippen LogP contribution in [0.15, 0.2) is 60.8 Å². The number of hydrogen-bond donors (Lipinski definition) is 0. The number of carbonyl (C=O) groups is 2. The number of rotatable bonds is 4. The summed E-state index contributed by atoms with van der Waals surface area (Å²) in [4.78, 5) is 31.5. The van der Waals surface area contributed by atoms with Crippen molar-refractivity contribution in [2.24, 2.45) is 11.8 Å². The summed E-state index contributed by atoms with van der Waals surface area (Å²) in [6.07, 6.45) is 4.84. The van der Waals surface area contributed by atoms with Crippen LogP contribution < -0.4 is 0 Å². The first kappa shape index (κ1) is 23.8. The molecule has 0 spiro atoms. The van der Waals surface area contributed by atoms with Gasteiger partial charge in [-0.15, -0.1) is 0 Å². The summed E-state index contributed by atoms with van der Waals surface area (Å²) in [7, 11) is 0. The number of pyridine rings is 1. The van der Waals surface area contributed by atoms with Gasteiger partial charge in [0.15, 0.2) is 0 Å². The maximum absolute atomic E-state index is 13.9. The Morgan fingerprint density at radius 2 is 1.82 bits per heavy atom. The van der Waals surface area contributed by atoms with Crippen LogP contribution in [-0.4, -0.2) is 34.0 Å². The van der Waals surface area contributed by atoms with E-state index >= 15 is 0 Å². The second-order valence-corrected chi connectivity index (χ2v) is 9.17. The fraction of sp³-hybridized carbons (Fsp3) is 0.370. The maximum Gasteiger partial charge on any atom is 0.417 e. The lowest BCUT2D eigenvalue weighted by molar-refractivity contribution is -0.135. The second-order valence-electron chi connectivity index (χ2n) is 9.17. The Hall–Kier alpha value is -3.32. The molecule has 0 radical (unpaired) electrons. The Bertz CT molecular complexity index is 1180. The van der Waals surface area contributed by atoms with Gasteiger partial charge in [-0.3, -0.25) is 9.78 Å². The first-order valence-corrected chi connectivity index (χ1v) is 11.6. The van der Waals surface area contributed by atoms with Crippen LogP contribution in [0.2, 0.25) is 0 Å². The summed E-state index contributed by atoms with van der Waals surface area (Å²) in [5, 5.41) is 0.871. The molecule has 2 atom stereocenters. The number of fused-ring (bicyclic) bond motifs is 1. The third-order valence-corrected chi connectivity index (χ3v) is 7.34. The summed E-state index contributed by atoms with van der Waals surface area (Å²) in [5.74, 6) is -0.177. The van der Waals surface area contributed by atoms with Crippen LogP contribution in [0.3, 0.4) is 0 Å². The minimum atomic E-state index is -0.556. The van der Waals surface area contributed by atoms with E-state index in [0.29, 0.717) is 5.92 Å². The lowest BCUT2D eigenvalue weighted by Crippen LogP contribution is -2.40. The molecule has 6 nitrogen and oxygen atoms in total. The number of benzene rings is 2. The first-order valence-electron chi connectivity index (χ1n) is 11.6. The van der Waals surface area contributed by atoms with Crippen molar-refractivity contribution in [2.45, 2.75) is 44.6 Å². The number of ether oxygens (including phenoxy) is 1. The minimum Gasteiger partial charge on any atom is -0.446 e. The highest BCUT2D eigenvalue weighted by molar-refractivity contribution is 5.95. The molecule has 0 unspecified atom stereocenters. The van der Waals surface area contributed by atoms with Gasteiger partial charge >= 0.3 is 6.09 Å². The van der Waals surface area contributed by atoms with E-state index in [2.05, 4.69) is 4.98 Å². The van der Waals surface area contributed by atoms with Crippen molar-refractivity contribution in [3.63, 3.8) is 0 Å². The fourth-order valence-electron chi connectivity index (χ4n) is 5.43. The van der Waals surface area contributed by atoms with Crippen LogP contribution in [0.1, 0.15) is 55.7 Å². The molecule has 2 N–H and O–H groups in total. The van der Waals surface area contributed by atoms with Crippen LogP contribution in [0.25, 0.3) is 10.9 Å².